The molecular formula is C24H33N5O3. The van der Waals surface area contributed by atoms with Crippen LogP contribution in [0.4, 0.5) is 0 Å². The van der Waals surface area contributed by atoms with Crippen LogP contribution in [0.3, 0.4) is 0 Å². The SMILES string of the molecule is Cc1nc2cc([C@H]3CCCN3C(=O)C3CCC3)[nH]n2c(=O)c1CCC(=O)N1CCCCC1. The summed E-state index contributed by atoms with van der Waals surface area (Å²) in [5, 5.41) is 3.24. The molecule has 1 N–H and O–H groups in total. The van der Waals surface area contributed by atoms with Crippen LogP contribution in [-0.2, 0) is 16.0 Å². The van der Waals surface area contributed by atoms with E-state index in [2.05, 4.69) is 10.1 Å². The van der Waals surface area contributed by atoms with Crippen molar-refractivity contribution in [3.8, 4) is 0 Å². The van der Waals surface area contributed by atoms with E-state index >= 15 is 0 Å². The average molecular weight is 440 g/mol. The Kier molecular flexibility index (Phi) is 5.78. The number of piperidine rings is 1. The number of nitrogens with one attached hydrogen (secondary N) is 1. The average Bonchev–Trinajstić information content (AvgIpc) is 3.39. The molecule has 2 aromatic rings. The number of aromatic nitrogens is 3. The van der Waals surface area contributed by atoms with Crippen LogP contribution < -0.4 is 5.56 Å². The number of likely N-dealkylation sites (tertiary alicyclic amines) is 2. The summed E-state index contributed by atoms with van der Waals surface area (Å²) in [6, 6.07) is 1.89. The molecule has 172 valence electrons. The maximum Gasteiger partial charge on any atom is 0.276 e. The number of rotatable bonds is 5. The lowest BCUT2D eigenvalue weighted by Gasteiger charge is -2.32. The van der Waals surface area contributed by atoms with Crippen molar-refractivity contribution in [1.82, 2.24) is 24.4 Å². The summed E-state index contributed by atoms with van der Waals surface area (Å²) in [5.41, 5.74) is 2.59. The summed E-state index contributed by atoms with van der Waals surface area (Å²) in [4.78, 5) is 47.2. The fourth-order valence-electron chi connectivity index (χ4n) is 5.42. The monoisotopic (exact) mass is 439 g/mol. The molecule has 0 radical (unpaired) electrons. The van der Waals surface area contributed by atoms with Gasteiger partial charge in [-0.15, -0.1) is 0 Å². The molecule has 0 unspecified atom stereocenters. The van der Waals surface area contributed by atoms with Crippen molar-refractivity contribution in [2.45, 2.75) is 77.2 Å². The zero-order valence-electron chi connectivity index (χ0n) is 18.9. The molecule has 2 aliphatic heterocycles. The Labute approximate surface area is 188 Å². The van der Waals surface area contributed by atoms with Gasteiger partial charge in [0.2, 0.25) is 11.8 Å². The number of aromatic amines is 1. The van der Waals surface area contributed by atoms with Crippen molar-refractivity contribution < 1.29 is 9.59 Å². The highest BCUT2D eigenvalue weighted by molar-refractivity contribution is 5.80. The van der Waals surface area contributed by atoms with Gasteiger partial charge in [0.25, 0.3) is 5.56 Å². The second-order valence-electron chi connectivity index (χ2n) is 9.64. The molecule has 5 rings (SSSR count). The number of carbonyl (C=O) groups is 2. The highest BCUT2D eigenvalue weighted by Gasteiger charge is 2.37. The first-order valence-corrected chi connectivity index (χ1v) is 12.2. The first-order valence-electron chi connectivity index (χ1n) is 12.2. The molecule has 0 spiro atoms. The number of fused-ring (bicyclic) bond motifs is 1. The third kappa shape index (κ3) is 3.84. The highest BCUT2D eigenvalue weighted by Crippen LogP contribution is 2.36. The van der Waals surface area contributed by atoms with Gasteiger partial charge in [-0.1, -0.05) is 6.42 Å². The van der Waals surface area contributed by atoms with E-state index in [1.165, 1.54) is 10.9 Å². The van der Waals surface area contributed by atoms with Crippen molar-refractivity contribution >= 4 is 17.5 Å². The molecule has 1 atom stereocenters. The number of hydrogen-bond donors (Lipinski definition) is 1. The lowest BCUT2D eigenvalue weighted by atomic mass is 9.84. The molecule has 1 aliphatic carbocycles. The van der Waals surface area contributed by atoms with Crippen molar-refractivity contribution in [2.75, 3.05) is 19.6 Å². The summed E-state index contributed by atoms with van der Waals surface area (Å²) >= 11 is 0. The van der Waals surface area contributed by atoms with E-state index in [4.69, 9.17) is 0 Å². The van der Waals surface area contributed by atoms with Crippen LogP contribution in [0.25, 0.3) is 5.65 Å². The van der Waals surface area contributed by atoms with Crippen LogP contribution in [0, 0.1) is 12.8 Å². The third-order valence-corrected chi connectivity index (χ3v) is 7.58. The lowest BCUT2D eigenvalue weighted by molar-refractivity contribution is -0.139. The van der Waals surface area contributed by atoms with Gasteiger partial charge in [-0.25, -0.2) is 9.50 Å². The predicted molar refractivity (Wildman–Crippen MR) is 120 cm³/mol. The fourth-order valence-corrected chi connectivity index (χ4v) is 5.42. The molecular weight excluding hydrogens is 406 g/mol. The largest absolute Gasteiger partial charge is 0.343 e. The van der Waals surface area contributed by atoms with Crippen LogP contribution in [0.15, 0.2) is 10.9 Å². The van der Waals surface area contributed by atoms with Gasteiger partial charge in [0.1, 0.15) is 0 Å². The van der Waals surface area contributed by atoms with Gasteiger partial charge in [0.15, 0.2) is 5.65 Å². The Morgan fingerprint density at radius 2 is 1.84 bits per heavy atom. The van der Waals surface area contributed by atoms with E-state index in [-0.39, 0.29) is 29.3 Å². The molecule has 4 heterocycles. The predicted octanol–water partition coefficient (Wildman–Crippen LogP) is 2.74. The minimum Gasteiger partial charge on any atom is -0.343 e. The first-order chi connectivity index (χ1) is 15.5. The van der Waals surface area contributed by atoms with Gasteiger partial charge in [-0.3, -0.25) is 19.5 Å². The molecule has 0 bridgehead atoms. The number of aryl methyl sites for hydroxylation is 1. The molecule has 8 nitrogen and oxygen atoms in total. The maximum absolute atomic E-state index is 13.2. The van der Waals surface area contributed by atoms with Crippen molar-refractivity contribution in [3.05, 3.63) is 33.4 Å². The van der Waals surface area contributed by atoms with Crippen molar-refractivity contribution in [3.63, 3.8) is 0 Å². The summed E-state index contributed by atoms with van der Waals surface area (Å²) in [7, 11) is 0. The van der Waals surface area contributed by atoms with Crippen molar-refractivity contribution in [1.29, 1.82) is 0 Å². The van der Waals surface area contributed by atoms with E-state index in [9.17, 15) is 14.4 Å². The number of H-pyrrole nitrogens is 1. The van der Waals surface area contributed by atoms with Gasteiger partial charge >= 0.3 is 0 Å². The van der Waals surface area contributed by atoms with Crippen LogP contribution in [0.2, 0.25) is 0 Å². The number of amides is 2. The first kappa shape index (κ1) is 21.2. The van der Waals surface area contributed by atoms with Gasteiger partial charge in [0, 0.05) is 49.3 Å². The maximum atomic E-state index is 13.2. The summed E-state index contributed by atoms with van der Waals surface area (Å²) in [6.45, 7) is 4.27. The van der Waals surface area contributed by atoms with E-state index in [1.54, 1.807) is 0 Å². The lowest BCUT2D eigenvalue weighted by Crippen LogP contribution is -2.38. The van der Waals surface area contributed by atoms with Gasteiger partial charge in [-0.2, -0.15) is 0 Å². The number of hydrogen-bond acceptors (Lipinski definition) is 4. The molecule has 3 aliphatic rings. The Morgan fingerprint density at radius 1 is 1.06 bits per heavy atom. The topological polar surface area (TPSA) is 90.8 Å². The van der Waals surface area contributed by atoms with Crippen molar-refractivity contribution in [2.24, 2.45) is 5.92 Å². The highest BCUT2D eigenvalue weighted by atomic mass is 16.2. The standard InChI is InChI=1S/C24H33N5O3/c1-16-18(10-11-22(30)27-12-3-2-4-13-27)24(32)29-21(25-16)15-19(26-29)20-9-6-14-28(20)23(31)17-7-5-8-17/h15,17,20,26H,2-14H2,1H3/t20-/m1/s1. The van der Waals surface area contributed by atoms with E-state index in [1.807, 2.05) is 22.8 Å². The van der Waals surface area contributed by atoms with Crippen LogP contribution in [0.5, 0.6) is 0 Å². The minimum absolute atomic E-state index is 0.0198. The van der Waals surface area contributed by atoms with Crippen LogP contribution in [-0.4, -0.2) is 55.8 Å². The zero-order valence-corrected chi connectivity index (χ0v) is 18.9. The van der Waals surface area contributed by atoms with E-state index in [0.717, 1.165) is 70.3 Å². The van der Waals surface area contributed by atoms with Gasteiger partial charge < -0.3 is 9.80 Å². The smallest absolute Gasteiger partial charge is 0.276 e. The van der Waals surface area contributed by atoms with E-state index < -0.39 is 0 Å². The molecule has 0 aromatic carbocycles. The fraction of sp³-hybridized carbons (Fsp3) is 0.667. The van der Waals surface area contributed by atoms with Gasteiger partial charge in [0.05, 0.1) is 11.7 Å². The quantitative estimate of drug-likeness (QED) is 0.776. The Morgan fingerprint density at radius 3 is 2.56 bits per heavy atom. The molecule has 8 heteroatoms. The summed E-state index contributed by atoms with van der Waals surface area (Å²) in [6.07, 6.45) is 9.06. The molecule has 3 fully saturated rings. The molecule has 2 aromatic heterocycles. The summed E-state index contributed by atoms with van der Waals surface area (Å²) in [5.74, 6) is 0.551. The Balaban J connectivity index is 1.36. The number of carbonyl (C=O) groups excluding carboxylic acids is 2. The normalized spacial score (nSPS) is 21.8. The molecule has 2 saturated heterocycles. The summed E-state index contributed by atoms with van der Waals surface area (Å²) < 4.78 is 1.49. The molecule has 1 saturated carbocycles. The Hall–Kier alpha value is -2.64. The zero-order chi connectivity index (χ0) is 22.2. The number of nitrogens with zero attached hydrogens (tertiary/aromatic N) is 4. The van der Waals surface area contributed by atoms with Crippen LogP contribution in [0.1, 0.15) is 80.8 Å². The van der Waals surface area contributed by atoms with E-state index in [0.29, 0.717) is 29.7 Å². The second-order valence-corrected chi connectivity index (χ2v) is 9.64. The van der Waals surface area contributed by atoms with Gasteiger partial charge in [-0.05, 0) is 58.3 Å². The Bertz CT molecular complexity index is 1080. The molecule has 32 heavy (non-hydrogen) atoms. The second kappa shape index (κ2) is 8.71. The minimum atomic E-state index is -0.139. The molecule has 2 amide bonds. The van der Waals surface area contributed by atoms with Crippen LogP contribution >= 0.6 is 0 Å². The third-order valence-electron chi connectivity index (χ3n) is 7.58.